The lowest BCUT2D eigenvalue weighted by Gasteiger charge is -2.28. The minimum absolute atomic E-state index is 0.0252. The van der Waals surface area contributed by atoms with Gasteiger partial charge in [-0.25, -0.2) is 0 Å². The topological polar surface area (TPSA) is 84.9 Å². The van der Waals surface area contributed by atoms with Gasteiger partial charge >= 0.3 is 0 Å². The molecular weight excluding hydrogens is 228 g/mol. The summed E-state index contributed by atoms with van der Waals surface area (Å²) in [5, 5.41) is 15.3. The van der Waals surface area contributed by atoms with Gasteiger partial charge in [-0.2, -0.15) is 5.10 Å². The summed E-state index contributed by atoms with van der Waals surface area (Å²) in [6.07, 6.45) is 7.49. The first kappa shape index (κ1) is 12.8. The molecule has 0 aliphatic heterocycles. The van der Waals surface area contributed by atoms with E-state index in [1.54, 1.807) is 6.07 Å². The summed E-state index contributed by atoms with van der Waals surface area (Å²) < 4.78 is 5.89. The second-order valence-corrected chi connectivity index (χ2v) is 4.84. The Balaban J connectivity index is 2.07. The van der Waals surface area contributed by atoms with Crippen molar-refractivity contribution >= 4 is 5.84 Å². The first-order chi connectivity index (χ1) is 8.70. The highest BCUT2D eigenvalue weighted by molar-refractivity contribution is 5.96. The molecule has 1 saturated carbocycles. The molecule has 1 aromatic heterocycles. The van der Waals surface area contributed by atoms with Crippen LogP contribution in [0, 0.1) is 11.3 Å². The molecule has 18 heavy (non-hydrogen) atoms. The number of nitrogens with zero attached hydrogens (tertiary/aromatic N) is 2. The van der Waals surface area contributed by atoms with E-state index >= 15 is 0 Å². The fourth-order valence-electron chi connectivity index (χ4n) is 2.49. The van der Waals surface area contributed by atoms with Gasteiger partial charge in [-0.15, -0.1) is 5.10 Å². The first-order valence-corrected chi connectivity index (χ1v) is 6.53. The quantitative estimate of drug-likeness (QED) is 0.631. The lowest BCUT2D eigenvalue weighted by Crippen LogP contribution is -2.27. The van der Waals surface area contributed by atoms with Crippen molar-refractivity contribution in [3.8, 4) is 5.88 Å². The van der Waals surface area contributed by atoms with Gasteiger partial charge in [-0.05, 0) is 31.2 Å². The number of ether oxygens (including phenoxy) is 1. The van der Waals surface area contributed by atoms with Crippen LogP contribution in [0.3, 0.4) is 0 Å². The van der Waals surface area contributed by atoms with Gasteiger partial charge < -0.3 is 10.5 Å². The van der Waals surface area contributed by atoms with E-state index in [0.717, 1.165) is 18.8 Å². The van der Waals surface area contributed by atoms with Crippen molar-refractivity contribution in [2.75, 3.05) is 0 Å². The molecule has 2 atom stereocenters. The first-order valence-electron chi connectivity index (χ1n) is 6.53. The highest BCUT2D eigenvalue weighted by Crippen LogP contribution is 2.29. The second-order valence-electron chi connectivity index (χ2n) is 4.84. The molecule has 2 unspecified atom stereocenters. The van der Waals surface area contributed by atoms with Gasteiger partial charge in [0.05, 0.1) is 11.8 Å². The molecule has 5 nitrogen and oxygen atoms in total. The van der Waals surface area contributed by atoms with E-state index in [4.69, 9.17) is 15.9 Å². The van der Waals surface area contributed by atoms with Gasteiger partial charge in [-0.3, -0.25) is 5.41 Å². The van der Waals surface area contributed by atoms with Crippen LogP contribution >= 0.6 is 0 Å². The summed E-state index contributed by atoms with van der Waals surface area (Å²) in [6.45, 7) is 2.22. The van der Waals surface area contributed by atoms with Crippen molar-refractivity contribution in [1.29, 1.82) is 5.41 Å². The van der Waals surface area contributed by atoms with Crippen LogP contribution in [0.15, 0.2) is 12.3 Å². The smallest absolute Gasteiger partial charge is 0.244 e. The lowest BCUT2D eigenvalue weighted by molar-refractivity contribution is 0.115. The molecular formula is C13H20N4O. The zero-order chi connectivity index (χ0) is 13.0. The van der Waals surface area contributed by atoms with E-state index in [2.05, 4.69) is 17.1 Å². The number of hydrogen-bond donors (Lipinski definition) is 2. The zero-order valence-electron chi connectivity index (χ0n) is 10.7. The SMILES string of the molecule is CCC1CCCC(Oc2nnccc2C(=N)N)C1. The number of amidine groups is 1. The van der Waals surface area contributed by atoms with Crippen molar-refractivity contribution in [1.82, 2.24) is 10.2 Å². The number of hydrogen-bond acceptors (Lipinski definition) is 4. The summed E-state index contributed by atoms with van der Waals surface area (Å²) in [7, 11) is 0. The summed E-state index contributed by atoms with van der Waals surface area (Å²) in [5.41, 5.74) is 6.04. The second kappa shape index (κ2) is 5.80. The standard InChI is InChI=1S/C13H20N4O/c1-2-9-4-3-5-10(8-9)18-13-11(12(14)15)6-7-16-17-13/h6-7,9-10H,2-5,8H2,1H3,(H3,14,15). The molecule has 1 fully saturated rings. The average Bonchev–Trinajstić information content (AvgIpc) is 2.39. The van der Waals surface area contributed by atoms with E-state index in [-0.39, 0.29) is 11.9 Å². The number of nitrogens with one attached hydrogen (secondary N) is 1. The predicted molar refractivity (Wildman–Crippen MR) is 69.7 cm³/mol. The van der Waals surface area contributed by atoms with Crippen LogP contribution in [0.25, 0.3) is 0 Å². The van der Waals surface area contributed by atoms with E-state index in [9.17, 15) is 0 Å². The number of nitrogen functional groups attached to an aromatic ring is 1. The van der Waals surface area contributed by atoms with Crippen molar-refractivity contribution in [3.63, 3.8) is 0 Å². The zero-order valence-corrected chi connectivity index (χ0v) is 10.7. The Kier molecular flexibility index (Phi) is 4.12. The summed E-state index contributed by atoms with van der Waals surface area (Å²) in [6, 6.07) is 1.67. The van der Waals surface area contributed by atoms with Crippen LogP contribution in [0.4, 0.5) is 0 Å². The Labute approximate surface area is 107 Å². The van der Waals surface area contributed by atoms with Crippen LogP contribution in [0.5, 0.6) is 5.88 Å². The highest BCUT2D eigenvalue weighted by atomic mass is 16.5. The van der Waals surface area contributed by atoms with Crippen LogP contribution in [0.2, 0.25) is 0 Å². The fraction of sp³-hybridized carbons (Fsp3) is 0.615. The maximum Gasteiger partial charge on any atom is 0.244 e. The van der Waals surface area contributed by atoms with E-state index < -0.39 is 0 Å². The largest absolute Gasteiger partial charge is 0.473 e. The molecule has 2 rings (SSSR count). The fourth-order valence-corrected chi connectivity index (χ4v) is 2.49. The highest BCUT2D eigenvalue weighted by Gasteiger charge is 2.23. The molecule has 0 aromatic carbocycles. The number of rotatable bonds is 4. The molecule has 0 saturated heterocycles. The Morgan fingerprint density at radius 1 is 1.56 bits per heavy atom. The van der Waals surface area contributed by atoms with Crippen LogP contribution < -0.4 is 10.5 Å². The van der Waals surface area contributed by atoms with E-state index in [1.165, 1.54) is 25.5 Å². The number of nitrogens with two attached hydrogens (primary N) is 1. The summed E-state index contributed by atoms with van der Waals surface area (Å²) in [4.78, 5) is 0. The number of aromatic nitrogens is 2. The minimum atomic E-state index is -0.0252. The van der Waals surface area contributed by atoms with E-state index in [0.29, 0.717) is 11.4 Å². The van der Waals surface area contributed by atoms with Gasteiger partial charge in [0, 0.05) is 0 Å². The van der Waals surface area contributed by atoms with Gasteiger partial charge in [0.2, 0.25) is 5.88 Å². The molecule has 5 heteroatoms. The van der Waals surface area contributed by atoms with Crippen LogP contribution in [-0.4, -0.2) is 22.1 Å². The lowest BCUT2D eigenvalue weighted by atomic mass is 9.85. The molecule has 0 spiro atoms. The van der Waals surface area contributed by atoms with Gasteiger partial charge in [0.25, 0.3) is 0 Å². The predicted octanol–water partition coefficient (Wildman–Crippen LogP) is 2.11. The summed E-state index contributed by atoms with van der Waals surface area (Å²) >= 11 is 0. The molecule has 1 aliphatic carbocycles. The maximum atomic E-state index is 7.50. The third-order valence-corrected chi connectivity index (χ3v) is 3.57. The maximum absolute atomic E-state index is 7.50. The minimum Gasteiger partial charge on any atom is -0.473 e. The molecule has 1 aromatic rings. The third-order valence-electron chi connectivity index (χ3n) is 3.57. The van der Waals surface area contributed by atoms with Gasteiger partial charge in [-0.1, -0.05) is 19.8 Å². The van der Waals surface area contributed by atoms with Crippen molar-refractivity contribution in [2.45, 2.75) is 45.1 Å². The molecule has 1 aliphatic rings. The Bertz CT molecular complexity index is 421. The van der Waals surface area contributed by atoms with Crippen LogP contribution in [0.1, 0.15) is 44.6 Å². The van der Waals surface area contributed by atoms with Crippen molar-refractivity contribution in [3.05, 3.63) is 17.8 Å². The molecule has 1 heterocycles. The summed E-state index contributed by atoms with van der Waals surface area (Å²) in [5.74, 6) is 1.11. The average molecular weight is 248 g/mol. The Morgan fingerprint density at radius 3 is 3.11 bits per heavy atom. The molecule has 0 bridgehead atoms. The molecule has 0 radical (unpaired) electrons. The van der Waals surface area contributed by atoms with Crippen LogP contribution in [-0.2, 0) is 0 Å². The third kappa shape index (κ3) is 2.97. The molecule has 0 amide bonds. The normalized spacial score (nSPS) is 23.6. The van der Waals surface area contributed by atoms with Crippen molar-refractivity contribution < 1.29 is 4.74 Å². The van der Waals surface area contributed by atoms with Crippen molar-refractivity contribution in [2.24, 2.45) is 11.7 Å². The van der Waals surface area contributed by atoms with Gasteiger partial charge in [0.1, 0.15) is 11.9 Å². The van der Waals surface area contributed by atoms with E-state index in [1.807, 2.05) is 0 Å². The van der Waals surface area contributed by atoms with Gasteiger partial charge in [0.15, 0.2) is 0 Å². The molecule has 3 N–H and O–H groups in total. The monoisotopic (exact) mass is 248 g/mol. The molecule has 98 valence electrons. The Morgan fingerprint density at radius 2 is 2.39 bits per heavy atom. The Hall–Kier alpha value is -1.65.